The number of halogens is 2. The number of carbonyl (C=O) groups is 2. The van der Waals surface area contributed by atoms with Crippen LogP contribution in [0.25, 0.3) is 0 Å². The number of hydrogen-bond donors (Lipinski definition) is 2. The highest BCUT2D eigenvalue weighted by molar-refractivity contribution is 6.05. The molecule has 0 unspecified atom stereocenters. The number of fused-ring (bicyclic) bond motifs is 1. The zero-order valence-corrected chi connectivity index (χ0v) is 14.0. The minimum Gasteiger partial charge on any atom is -0.346 e. The number of imidazole rings is 1. The van der Waals surface area contributed by atoms with E-state index in [1.807, 2.05) is 0 Å². The van der Waals surface area contributed by atoms with Crippen LogP contribution in [0.15, 0.2) is 30.9 Å². The third-order valence-corrected chi connectivity index (χ3v) is 4.12. The van der Waals surface area contributed by atoms with Crippen molar-refractivity contribution in [2.45, 2.75) is 25.8 Å². The van der Waals surface area contributed by atoms with Crippen LogP contribution in [0.1, 0.15) is 39.6 Å². The first-order valence-electron chi connectivity index (χ1n) is 8.26. The predicted molar refractivity (Wildman–Crippen MR) is 92.0 cm³/mol. The summed E-state index contributed by atoms with van der Waals surface area (Å²) in [5, 5.41) is 5.04. The Morgan fingerprint density at radius 1 is 1.27 bits per heavy atom. The van der Waals surface area contributed by atoms with Gasteiger partial charge in [0.2, 0.25) is 0 Å². The Morgan fingerprint density at radius 3 is 2.81 bits per heavy atom. The van der Waals surface area contributed by atoms with Gasteiger partial charge in [-0.05, 0) is 31.4 Å². The summed E-state index contributed by atoms with van der Waals surface area (Å²) in [4.78, 5) is 29.1. The highest BCUT2D eigenvalue weighted by Gasteiger charge is 2.27. The number of carbonyl (C=O) groups excluding carboxylic acids is 2. The van der Waals surface area contributed by atoms with E-state index in [2.05, 4.69) is 22.2 Å². The van der Waals surface area contributed by atoms with Gasteiger partial charge in [-0.1, -0.05) is 6.08 Å². The third kappa shape index (κ3) is 3.49. The van der Waals surface area contributed by atoms with Gasteiger partial charge in [0.05, 0.1) is 11.4 Å². The van der Waals surface area contributed by atoms with Gasteiger partial charge < -0.3 is 15.2 Å². The van der Waals surface area contributed by atoms with E-state index in [1.165, 1.54) is 0 Å². The number of nitrogens with zero attached hydrogens (tertiary/aromatic N) is 2. The molecule has 26 heavy (non-hydrogen) atoms. The first-order valence-corrected chi connectivity index (χ1v) is 8.26. The van der Waals surface area contributed by atoms with Gasteiger partial charge in [0, 0.05) is 19.2 Å². The molecule has 6 nitrogen and oxygen atoms in total. The van der Waals surface area contributed by atoms with Crippen molar-refractivity contribution in [3.05, 3.63) is 59.7 Å². The molecular weight excluding hydrogens is 342 g/mol. The second-order valence-corrected chi connectivity index (χ2v) is 5.92. The van der Waals surface area contributed by atoms with Gasteiger partial charge in [-0.15, -0.1) is 6.58 Å². The van der Waals surface area contributed by atoms with Gasteiger partial charge in [-0.2, -0.15) is 0 Å². The topological polar surface area (TPSA) is 76.0 Å². The van der Waals surface area contributed by atoms with E-state index in [9.17, 15) is 18.4 Å². The van der Waals surface area contributed by atoms with E-state index in [1.54, 1.807) is 10.6 Å². The van der Waals surface area contributed by atoms with E-state index in [0.717, 1.165) is 25.0 Å². The normalized spacial score (nSPS) is 13.0. The fourth-order valence-electron chi connectivity index (χ4n) is 2.91. The fourth-order valence-corrected chi connectivity index (χ4v) is 2.91. The number of benzene rings is 1. The number of rotatable bonds is 5. The van der Waals surface area contributed by atoms with Crippen molar-refractivity contribution in [3.63, 3.8) is 0 Å². The zero-order valence-electron chi connectivity index (χ0n) is 14.0. The minimum atomic E-state index is -0.879. The molecular formula is C18H18F2N4O2. The highest BCUT2D eigenvalue weighted by Crippen LogP contribution is 2.23. The highest BCUT2D eigenvalue weighted by atomic mass is 19.1. The second-order valence-electron chi connectivity index (χ2n) is 5.92. The summed E-state index contributed by atoms with van der Waals surface area (Å²) in [6, 6.07) is 2.88. The molecule has 1 aliphatic heterocycles. The molecule has 0 fully saturated rings. The summed E-state index contributed by atoms with van der Waals surface area (Å²) in [5.41, 5.74) is 0.573. The predicted octanol–water partition coefficient (Wildman–Crippen LogP) is 2.67. The van der Waals surface area contributed by atoms with Crippen molar-refractivity contribution in [3.8, 4) is 0 Å². The maximum Gasteiger partial charge on any atom is 0.287 e. The van der Waals surface area contributed by atoms with Gasteiger partial charge in [0.15, 0.2) is 11.5 Å². The van der Waals surface area contributed by atoms with Crippen molar-refractivity contribution in [1.82, 2.24) is 14.9 Å². The average Bonchev–Trinajstić information content (AvgIpc) is 3.02. The molecule has 0 saturated heterocycles. The molecule has 0 saturated carbocycles. The first kappa shape index (κ1) is 17.8. The summed E-state index contributed by atoms with van der Waals surface area (Å²) in [5.74, 6) is -2.51. The van der Waals surface area contributed by atoms with E-state index in [-0.39, 0.29) is 23.8 Å². The lowest BCUT2D eigenvalue weighted by molar-refractivity contribution is 0.0942. The minimum absolute atomic E-state index is 0.0807. The smallest absolute Gasteiger partial charge is 0.287 e. The molecule has 2 amide bonds. The van der Waals surface area contributed by atoms with Gasteiger partial charge in [0.25, 0.3) is 11.8 Å². The molecule has 2 aromatic rings. The molecule has 8 heteroatoms. The van der Waals surface area contributed by atoms with Gasteiger partial charge in [-0.3, -0.25) is 9.59 Å². The van der Waals surface area contributed by atoms with Crippen LogP contribution in [0.3, 0.4) is 0 Å². The number of amides is 2. The third-order valence-electron chi connectivity index (χ3n) is 4.12. The monoisotopic (exact) mass is 360 g/mol. The fraction of sp³-hybridized carbons (Fsp3) is 0.278. The average molecular weight is 360 g/mol. The van der Waals surface area contributed by atoms with Crippen molar-refractivity contribution in [2.24, 2.45) is 0 Å². The van der Waals surface area contributed by atoms with Crippen LogP contribution in [-0.4, -0.2) is 27.9 Å². The van der Waals surface area contributed by atoms with Gasteiger partial charge >= 0.3 is 0 Å². The van der Waals surface area contributed by atoms with Crippen LogP contribution in [0, 0.1) is 11.6 Å². The lowest BCUT2D eigenvalue weighted by atomic mass is 10.1. The molecule has 0 radical (unpaired) electrons. The molecule has 1 aromatic heterocycles. The molecule has 0 atom stereocenters. The lowest BCUT2D eigenvalue weighted by Crippen LogP contribution is -2.28. The second kappa shape index (κ2) is 7.47. The number of anilines is 1. The summed E-state index contributed by atoms with van der Waals surface area (Å²) in [7, 11) is 0. The first-order chi connectivity index (χ1) is 12.5. The molecule has 2 N–H and O–H groups in total. The van der Waals surface area contributed by atoms with Crippen LogP contribution in [0.2, 0.25) is 0 Å². The summed E-state index contributed by atoms with van der Waals surface area (Å²) < 4.78 is 28.5. The van der Waals surface area contributed by atoms with E-state index >= 15 is 0 Å². The number of hydrogen-bond acceptors (Lipinski definition) is 3. The maximum absolute atomic E-state index is 13.8. The maximum atomic E-state index is 13.8. The van der Waals surface area contributed by atoms with E-state index < -0.39 is 23.4 Å². The Bertz CT molecular complexity index is 876. The van der Waals surface area contributed by atoms with E-state index in [4.69, 9.17) is 0 Å². The lowest BCUT2D eigenvalue weighted by Gasteiger charge is -2.17. The van der Waals surface area contributed by atoms with Crippen molar-refractivity contribution in [2.75, 3.05) is 11.9 Å². The number of aromatic nitrogens is 2. The Labute approximate surface area is 148 Å². The SMILES string of the molecule is C=CCNC(=O)c1nc(C(=O)Nc2ccc(F)cc2F)c2n1CCCC2. The molecule has 2 heterocycles. The molecule has 0 bridgehead atoms. The van der Waals surface area contributed by atoms with E-state index in [0.29, 0.717) is 24.7 Å². The van der Waals surface area contributed by atoms with Crippen LogP contribution >= 0.6 is 0 Å². The molecule has 3 rings (SSSR count). The molecule has 0 aliphatic carbocycles. The quantitative estimate of drug-likeness (QED) is 0.805. The Balaban J connectivity index is 1.91. The standard InChI is InChI=1S/C18H18F2N4O2/c1-2-8-21-18(26)16-23-15(14-5-3-4-9-24(14)16)17(25)22-13-7-6-11(19)10-12(13)20/h2,6-7,10H,1,3-5,8-9H2,(H,21,26)(H,22,25). The van der Waals surface area contributed by atoms with Crippen molar-refractivity contribution >= 4 is 17.5 Å². The zero-order chi connectivity index (χ0) is 18.7. The van der Waals surface area contributed by atoms with Crippen LogP contribution < -0.4 is 10.6 Å². The van der Waals surface area contributed by atoms with Crippen LogP contribution in [-0.2, 0) is 13.0 Å². The molecule has 1 aliphatic rings. The summed E-state index contributed by atoms with van der Waals surface area (Å²) in [6.07, 6.45) is 3.88. The summed E-state index contributed by atoms with van der Waals surface area (Å²) >= 11 is 0. The van der Waals surface area contributed by atoms with Crippen molar-refractivity contribution < 1.29 is 18.4 Å². The van der Waals surface area contributed by atoms with Crippen LogP contribution in [0.5, 0.6) is 0 Å². The van der Waals surface area contributed by atoms with Crippen molar-refractivity contribution in [1.29, 1.82) is 0 Å². The molecule has 136 valence electrons. The Morgan fingerprint density at radius 2 is 2.08 bits per heavy atom. The summed E-state index contributed by atoms with van der Waals surface area (Å²) in [6.45, 7) is 4.40. The number of nitrogens with one attached hydrogen (secondary N) is 2. The molecule has 0 spiro atoms. The molecule has 1 aromatic carbocycles. The van der Waals surface area contributed by atoms with Gasteiger partial charge in [-0.25, -0.2) is 13.8 Å². The Hall–Kier alpha value is -3.03. The van der Waals surface area contributed by atoms with Crippen LogP contribution in [0.4, 0.5) is 14.5 Å². The largest absolute Gasteiger partial charge is 0.346 e. The Kier molecular flexibility index (Phi) is 5.11. The van der Waals surface area contributed by atoms with Gasteiger partial charge in [0.1, 0.15) is 11.6 Å².